The third kappa shape index (κ3) is 3.52. The minimum absolute atomic E-state index is 0.275. The number of hydrogen-bond donors (Lipinski definition) is 2. The molecule has 1 saturated carbocycles. The van der Waals surface area contributed by atoms with Gasteiger partial charge in [0.1, 0.15) is 12.1 Å². The van der Waals surface area contributed by atoms with Crippen molar-refractivity contribution in [2.45, 2.75) is 58.2 Å². The molecule has 1 saturated heterocycles. The Kier molecular flexibility index (Phi) is 5.17. The van der Waals surface area contributed by atoms with Crippen molar-refractivity contribution in [3.63, 3.8) is 0 Å². The first kappa shape index (κ1) is 16.2. The van der Waals surface area contributed by atoms with E-state index in [9.17, 15) is 4.79 Å². The lowest BCUT2D eigenvalue weighted by Crippen LogP contribution is -2.32. The summed E-state index contributed by atoms with van der Waals surface area (Å²) in [6.45, 7) is 5.90. The van der Waals surface area contributed by atoms with Gasteiger partial charge in [-0.3, -0.25) is 4.90 Å². The molecule has 118 valence electrons. The molecule has 2 heterocycles. The van der Waals surface area contributed by atoms with Crippen LogP contribution in [0.2, 0.25) is 0 Å². The molecule has 0 spiro atoms. The largest absolute Gasteiger partial charge is 0.345 e. The number of imidazole rings is 1. The molecule has 1 aliphatic heterocycles. The Morgan fingerprint density at radius 1 is 1.48 bits per heavy atom. The standard InChI is InChI=1S/C11H17N3.C5H11NO/c1-7-6-12-11(13-7)10-8-3-4-9(5-8)14(10)2;1-4(2)5(6)3-7/h6,8-10H,3-5H2,1-2H3,(H,12,13);3-5H,6H2,1-2H3. The molecule has 1 aromatic rings. The predicted octanol–water partition coefficient (Wildman–Crippen LogP) is 2.04. The summed E-state index contributed by atoms with van der Waals surface area (Å²) in [6, 6.07) is 1.10. The number of H-pyrrole nitrogens is 1. The number of nitrogens with zero attached hydrogens (tertiary/aromatic N) is 2. The van der Waals surface area contributed by atoms with E-state index in [1.165, 1.54) is 30.8 Å². The maximum atomic E-state index is 9.82. The summed E-state index contributed by atoms with van der Waals surface area (Å²) < 4.78 is 0. The molecule has 2 aliphatic rings. The van der Waals surface area contributed by atoms with Crippen molar-refractivity contribution in [3.8, 4) is 0 Å². The first-order valence-electron chi connectivity index (χ1n) is 7.88. The second kappa shape index (κ2) is 6.71. The predicted molar refractivity (Wildman–Crippen MR) is 83.8 cm³/mol. The number of piperidine rings is 1. The maximum absolute atomic E-state index is 9.82. The maximum Gasteiger partial charge on any atom is 0.136 e. The summed E-state index contributed by atoms with van der Waals surface area (Å²) in [5.74, 6) is 2.30. The highest BCUT2D eigenvalue weighted by molar-refractivity contribution is 5.57. The Labute approximate surface area is 127 Å². The Morgan fingerprint density at radius 2 is 2.19 bits per heavy atom. The number of aldehydes is 1. The zero-order valence-corrected chi connectivity index (χ0v) is 13.5. The molecule has 3 rings (SSSR count). The number of nitrogens with one attached hydrogen (secondary N) is 1. The van der Waals surface area contributed by atoms with Crippen LogP contribution < -0.4 is 5.73 Å². The number of aromatic nitrogens is 2. The van der Waals surface area contributed by atoms with E-state index >= 15 is 0 Å². The van der Waals surface area contributed by atoms with Crippen LogP contribution >= 0.6 is 0 Å². The summed E-state index contributed by atoms with van der Waals surface area (Å²) in [6.07, 6.45) is 6.86. The lowest BCUT2D eigenvalue weighted by atomic mass is 9.98. The zero-order valence-electron chi connectivity index (χ0n) is 13.5. The van der Waals surface area contributed by atoms with Gasteiger partial charge in [0.05, 0.1) is 12.1 Å². The number of nitrogens with two attached hydrogens (primary N) is 1. The van der Waals surface area contributed by atoms with Gasteiger partial charge in [-0.15, -0.1) is 0 Å². The summed E-state index contributed by atoms with van der Waals surface area (Å²) in [5, 5.41) is 0. The second-order valence-electron chi connectivity index (χ2n) is 6.75. The van der Waals surface area contributed by atoms with Crippen LogP contribution in [0.4, 0.5) is 0 Å². The van der Waals surface area contributed by atoms with Crippen molar-refractivity contribution >= 4 is 6.29 Å². The monoisotopic (exact) mass is 292 g/mol. The normalized spacial score (nSPS) is 29.3. The van der Waals surface area contributed by atoms with Crippen LogP contribution in [0.5, 0.6) is 0 Å². The quantitative estimate of drug-likeness (QED) is 0.836. The van der Waals surface area contributed by atoms with E-state index in [1.807, 2.05) is 20.0 Å². The molecule has 1 aromatic heterocycles. The number of hydrogen-bond acceptors (Lipinski definition) is 4. The highest BCUT2D eigenvalue weighted by atomic mass is 16.1. The SMILES string of the molecule is CC(C)C(N)C=O.Cc1cnc(C2C3CCC(C3)N2C)[nH]1. The Morgan fingerprint density at radius 3 is 2.57 bits per heavy atom. The van der Waals surface area contributed by atoms with Gasteiger partial charge in [0.2, 0.25) is 0 Å². The number of likely N-dealkylation sites (tertiary alicyclic amines) is 1. The Hall–Kier alpha value is -1.20. The van der Waals surface area contributed by atoms with Crippen molar-refractivity contribution in [3.05, 3.63) is 17.7 Å². The van der Waals surface area contributed by atoms with Crippen LogP contribution in [0.1, 0.15) is 50.7 Å². The average Bonchev–Trinajstić information content (AvgIpc) is 3.14. The van der Waals surface area contributed by atoms with Gasteiger partial charge in [-0.2, -0.15) is 0 Å². The smallest absolute Gasteiger partial charge is 0.136 e. The summed E-state index contributed by atoms with van der Waals surface area (Å²) in [7, 11) is 2.24. The van der Waals surface area contributed by atoms with Crippen molar-refractivity contribution in [1.29, 1.82) is 0 Å². The first-order valence-corrected chi connectivity index (χ1v) is 7.88. The van der Waals surface area contributed by atoms with E-state index < -0.39 is 0 Å². The van der Waals surface area contributed by atoms with Gasteiger partial charge in [0, 0.05) is 17.9 Å². The van der Waals surface area contributed by atoms with E-state index in [4.69, 9.17) is 5.73 Å². The fraction of sp³-hybridized carbons (Fsp3) is 0.750. The van der Waals surface area contributed by atoms with Gasteiger partial charge in [-0.1, -0.05) is 13.8 Å². The van der Waals surface area contributed by atoms with Crippen molar-refractivity contribution in [2.24, 2.45) is 17.6 Å². The van der Waals surface area contributed by atoms with Gasteiger partial charge in [0.25, 0.3) is 0 Å². The molecule has 3 N–H and O–H groups in total. The highest BCUT2D eigenvalue weighted by Crippen LogP contribution is 2.48. The van der Waals surface area contributed by atoms with Crippen LogP contribution in [-0.2, 0) is 4.79 Å². The van der Waals surface area contributed by atoms with Gasteiger partial charge >= 0.3 is 0 Å². The number of rotatable bonds is 3. The lowest BCUT2D eigenvalue weighted by molar-refractivity contribution is -0.109. The minimum atomic E-state index is -0.278. The van der Waals surface area contributed by atoms with E-state index in [-0.39, 0.29) is 12.0 Å². The van der Waals surface area contributed by atoms with Crippen LogP contribution in [0.3, 0.4) is 0 Å². The number of fused-ring (bicyclic) bond motifs is 2. The van der Waals surface area contributed by atoms with Crippen LogP contribution in [-0.4, -0.2) is 40.3 Å². The molecule has 0 amide bonds. The van der Waals surface area contributed by atoms with E-state index in [0.717, 1.165) is 18.2 Å². The summed E-state index contributed by atoms with van der Waals surface area (Å²) in [4.78, 5) is 20.2. The molecule has 0 radical (unpaired) electrons. The van der Waals surface area contributed by atoms with Gasteiger partial charge in [-0.05, 0) is 45.1 Å². The number of aryl methyl sites for hydroxylation is 1. The Balaban J connectivity index is 0.000000199. The number of carbonyl (C=O) groups excluding carboxylic acids is 1. The molecule has 0 aromatic carbocycles. The zero-order chi connectivity index (χ0) is 15.6. The number of aromatic amines is 1. The van der Waals surface area contributed by atoms with Gasteiger partial charge < -0.3 is 15.5 Å². The third-order valence-electron chi connectivity index (χ3n) is 4.84. The average molecular weight is 292 g/mol. The van der Waals surface area contributed by atoms with Gasteiger partial charge in [-0.25, -0.2) is 4.98 Å². The van der Waals surface area contributed by atoms with Crippen LogP contribution in [0, 0.1) is 18.8 Å². The van der Waals surface area contributed by atoms with E-state index in [0.29, 0.717) is 6.04 Å². The van der Waals surface area contributed by atoms with Crippen LogP contribution in [0.25, 0.3) is 0 Å². The number of carbonyl (C=O) groups is 1. The van der Waals surface area contributed by atoms with E-state index in [2.05, 4.69) is 28.8 Å². The van der Waals surface area contributed by atoms with Gasteiger partial charge in [0.15, 0.2) is 0 Å². The Bertz CT molecular complexity index is 469. The molecule has 1 aliphatic carbocycles. The summed E-state index contributed by atoms with van der Waals surface area (Å²) in [5.41, 5.74) is 6.42. The van der Waals surface area contributed by atoms with Crippen molar-refractivity contribution < 1.29 is 4.79 Å². The fourth-order valence-corrected chi connectivity index (χ4v) is 3.36. The third-order valence-corrected chi connectivity index (χ3v) is 4.84. The summed E-state index contributed by atoms with van der Waals surface area (Å²) >= 11 is 0. The molecule has 5 nitrogen and oxygen atoms in total. The molecule has 4 atom stereocenters. The van der Waals surface area contributed by atoms with Crippen molar-refractivity contribution in [2.75, 3.05) is 7.05 Å². The molecule has 21 heavy (non-hydrogen) atoms. The molecule has 2 fully saturated rings. The van der Waals surface area contributed by atoms with Crippen molar-refractivity contribution in [1.82, 2.24) is 14.9 Å². The fourth-order valence-electron chi connectivity index (χ4n) is 3.36. The van der Waals surface area contributed by atoms with Crippen LogP contribution in [0.15, 0.2) is 6.20 Å². The molecule has 4 unspecified atom stereocenters. The first-order chi connectivity index (χ1) is 9.93. The second-order valence-corrected chi connectivity index (χ2v) is 6.75. The molecule has 5 heteroatoms. The molecular weight excluding hydrogens is 264 g/mol. The molecule has 2 bridgehead atoms. The topological polar surface area (TPSA) is 75.0 Å². The molecular formula is C16H28N4O. The lowest BCUT2D eigenvalue weighted by Gasteiger charge is -2.30. The van der Waals surface area contributed by atoms with E-state index in [1.54, 1.807) is 0 Å². The highest BCUT2D eigenvalue weighted by Gasteiger charge is 2.45. The minimum Gasteiger partial charge on any atom is -0.345 e.